The normalized spacial score (nSPS) is 10.5. The van der Waals surface area contributed by atoms with Crippen molar-refractivity contribution in [1.82, 2.24) is 10.6 Å². The van der Waals surface area contributed by atoms with Gasteiger partial charge < -0.3 is 44.9 Å². The van der Waals surface area contributed by atoms with Gasteiger partial charge in [-0.3, -0.25) is 28.8 Å². The highest BCUT2D eigenvalue weighted by Gasteiger charge is 2.16. The van der Waals surface area contributed by atoms with Crippen LogP contribution in [0.4, 0.5) is 0 Å². The van der Waals surface area contributed by atoms with E-state index in [1.807, 2.05) is 6.07 Å². The number of ether oxygens (including phenoxy) is 4. The van der Waals surface area contributed by atoms with Crippen molar-refractivity contribution >= 4 is 41.5 Å². The first kappa shape index (κ1) is 43.0. The third-order valence-electron chi connectivity index (χ3n) is 7.58. The standard InChI is InChI=1S/C39H44N2O14/c42-30(10-4-5-11-36(45)46)23-52-31-17-27(16-29(20-31)39(51)55-22-26-8-2-1-3-9-26)28-18-32(53-24-34(43)40-14-6-12-37(47)48)21-33(19-28)54-25-35(44)41-15-7-13-38(49)50/h1-3,8-9,16-21H,4-7,10-15,22-25H2,(H,40,43)(H,41,44)(H,45,46)(H,47,48)(H,49,50). The van der Waals surface area contributed by atoms with Crippen LogP contribution in [-0.2, 0) is 40.1 Å². The van der Waals surface area contributed by atoms with Crippen molar-refractivity contribution in [1.29, 1.82) is 0 Å². The molecule has 3 rings (SSSR count). The van der Waals surface area contributed by atoms with E-state index in [9.17, 15) is 33.6 Å². The fourth-order valence-electron chi connectivity index (χ4n) is 4.85. The molecule has 16 nitrogen and oxygen atoms in total. The second kappa shape index (κ2) is 23.3. The fraction of sp³-hybridized carbons (Fsp3) is 0.359. The van der Waals surface area contributed by atoms with Crippen LogP contribution < -0.4 is 24.8 Å². The van der Waals surface area contributed by atoms with Crippen molar-refractivity contribution in [2.45, 2.75) is 58.0 Å². The molecule has 3 aromatic carbocycles. The maximum atomic E-state index is 13.3. The zero-order chi connectivity index (χ0) is 40.0. The number of Topliss-reactive ketones (excluding diaryl/α,β-unsaturated/α-hetero) is 1. The minimum Gasteiger partial charge on any atom is -0.486 e. The smallest absolute Gasteiger partial charge is 0.338 e. The third-order valence-corrected chi connectivity index (χ3v) is 7.58. The van der Waals surface area contributed by atoms with Gasteiger partial charge in [-0.25, -0.2) is 4.79 Å². The van der Waals surface area contributed by atoms with Crippen molar-refractivity contribution in [3.63, 3.8) is 0 Å². The van der Waals surface area contributed by atoms with Crippen molar-refractivity contribution in [3.8, 4) is 28.4 Å². The topological polar surface area (TPSA) is 241 Å². The van der Waals surface area contributed by atoms with Crippen LogP contribution in [-0.4, -0.2) is 89.7 Å². The average Bonchev–Trinajstić information content (AvgIpc) is 3.16. The molecule has 0 aliphatic heterocycles. The molecule has 0 bridgehead atoms. The summed E-state index contributed by atoms with van der Waals surface area (Å²) in [5.74, 6) is -4.57. The lowest BCUT2D eigenvalue weighted by atomic mass is 10.0. The predicted octanol–water partition coefficient (Wildman–Crippen LogP) is 4.02. The molecule has 2 amide bonds. The highest BCUT2D eigenvalue weighted by molar-refractivity contribution is 5.92. The second-order valence-corrected chi connectivity index (χ2v) is 12.2. The molecule has 0 aromatic heterocycles. The molecule has 0 atom stereocenters. The van der Waals surface area contributed by atoms with E-state index in [1.165, 1.54) is 18.2 Å². The second-order valence-electron chi connectivity index (χ2n) is 12.2. The Morgan fingerprint density at radius 1 is 0.527 bits per heavy atom. The molecule has 0 aliphatic carbocycles. The van der Waals surface area contributed by atoms with Gasteiger partial charge in [-0.15, -0.1) is 0 Å². The molecule has 55 heavy (non-hydrogen) atoms. The van der Waals surface area contributed by atoms with Gasteiger partial charge >= 0.3 is 23.9 Å². The van der Waals surface area contributed by atoms with Crippen LogP contribution in [0.3, 0.4) is 0 Å². The van der Waals surface area contributed by atoms with Gasteiger partial charge in [0.25, 0.3) is 11.8 Å². The third kappa shape index (κ3) is 17.8. The first-order valence-electron chi connectivity index (χ1n) is 17.5. The summed E-state index contributed by atoms with van der Waals surface area (Å²) in [7, 11) is 0. The number of esters is 1. The van der Waals surface area contributed by atoms with E-state index in [2.05, 4.69) is 10.6 Å². The number of nitrogens with one attached hydrogen (secondary N) is 2. The molecule has 294 valence electrons. The summed E-state index contributed by atoms with van der Waals surface area (Å²) in [6.45, 7) is -1.04. The molecule has 0 radical (unpaired) electrons. The summed E-state index contributed by atoms with van der Waals surface area (Å²) in [5.41, 5.74) is 1.59. The minimum atomic E-state index is -0.995. The van der Waals surface area contributed by atoms with Gasteiger partial charge in [-0.2, -0.15) is 0 Å². The number of benzene rings is 3. The van der Waals surface area contributed by atoms with Crippen LogP contribution in [0.2, 0.25) is 0 Å². The SMILES string of the molecule is O=C(O)CCCCC(=O)COc1cc(C(=O)OCc2ccccc2)cc(-c2cc(OCC(=O)NCCCC(=O)O)cc(OCC(=O)NCCCC(=O)O)c2)c1. The Hall–Kier alpha value is -6.45. The van der Waals surface area contributed by atoms with Gasteiger partial charge in [0, 0.05) is 44.8 Å². The number of carboxylic acid groups (broad SMARTS) is 3. The first-order chi connectivity index (χ1) is 26.4. The molecule has 0 fully saturated rings. The number of carboxylic acids is 3. The van der Waals surface area contributed by atoms with Crippen LogP contribution in [0.15, 0.2) is 66.7 Å². The van der Waals surface area contributed by atoms with Gasteiger partial charge in [0.05, 0.1) is 5.56 Å². The Bertz CT molecular complexity index is 1740. The van der Waals surface area contributed by atoms with Crippen molar-refractivity contribution < 1.29 is 67.8 Å². The molecule has 0 saturated carbocycles. The monoisotopic (exact) mass is 764 g/mol. The molecule has 5 N–H and O–H groups in total. The average molecular weight is 765 g/mol. The van der Waals surface area contributed by atoms with Gasteiger partial charge in [0.2, 0.25) is 0 Å². The van der Waals surface area contributed by atoms with E-state index in [-0.39, 0.29) is 93.4 Å². The van der Waals surface area contributed by atoms with Gasteiger partial charge in [0.1, 0.15) is 30.5 Å². The number of rotatable bonds is 26. The molecular formula is C39H44N2O14. The van der Waals surface area contributed by atoms with Crippen molar-refractivity contribution in [2.75, 3.05) is 32.9 Å². The Morgan fingerprint density at radius 2 is 1.00 bits per heavy atom. The number of hydrogen-bond acceptors (Lipinski definition) is 11. The lowest BCUT2D eigenvalue weighted by molar-refractivity contribution is -0.138. The summed E-state index contributed by atoms with van der Waals surface area (Å²) in [5, 5.41) is 31.6. The van der Waals surface area contributed by atoms with Crippen LogP contribution in [0.1, 0.15) is 67.3 Å². The molecule has 3 aromatic rings. The maximum absolute atomic E-state index is 13.3. The first-order valence-corrected chi connectivity index (χ1v) is 17.5. The fourth-order valence-corrected chi connectivity index (χ4v) is 4.85. The van der Waals surface area contributed by atoms with Crippen LogP contribution in [0.25, 0.3) is 11.1 Å². The van der Waals surface area contributed by atoms with E-state index in [4.69, 9.17) is 34.3 Å². The summed E-state index contributed by atoms with van der Waals surface area (Å²) in [4.78, 5) is 83.0. The number of ketones is 1. The molecule has 0 spiro atoms. The van der Waals surface area contributed by atoms with E-state index < -0.39 is 48.9 Å². The highest BCUT2D eigenvalue weighted by Crippen LogP contribution is 2.33. The number of carbonyl (C=O) groups excluding carboxylic acids is 4. The molecule has 0 unspecified atom stereocenters. The number of carbonyl (C=O) groups is 7. The van der Waals surface area contributed by atoms with Crippen LogP contribution in [0, 0.1) is 0 Å². The minimum absolute atomic E-state index is 0.0209. The maximum Gasteiger partial charge on any atom is 0.338 e. The number of aliphatic carboxylic acids is 3. The zero-order valence-corrected chi connectivity index (χ0v) is 30.1. The Balaban J connectivity index is 1.88. The van der Waals surface area contributed by atoms with E-state index >= 15 is 0 Å². The molecule has 0 heterocycles. The highest BCUT2D eigenvalue weighted by atomic mass is 16.5. The summed E-state index contributed by atoms with van der Waals surface area (Å²) in [6.07, 6.45) is 0.922. The largest absolute Gasteiger partial charge is 0.486 e. The van der Waals surface area contributed by atoms with E-state index in [0.717, 1.165) is 5.56 Å². The van der Waals surface area contributed by atoms with Crippen LogP contribution in [0.5, 0.6) is 17.2 Å². The van der Waals surface area contributed by atoms with Crippen LogP contribution >= 0.6 is 0 Å². The zero-order valence-electron chi connectivity index (χ0n) is 30.1. The Morgan fingerprint density at radius 3 is 1.55 bits per heavy atom. The van der Waals surface area contributed by atoms with Crippen molar-refractivity contribution in [2.24, 2.45) is 0 Å². The lowest BCUT2D eigenvalue weighted by Crippen LogP contribution is -2.30. The van der Waals surface area contributed by atoms with Gasteiger partial charge in [-0.1, -0.05) is 30.3 Å². The molecular weight excluding hydrogens is 720 g/mol. The lowest BCUT2D eigenvalue weighted by Gasteiger charge is -2.15. The van der Waals surface area contributed by atoms with Crippen molar-refractivity contribution in [3.05, 3.63) is 77.9 Å². The van der Waals surface area contributed by atoms with Gasteiger partial charge in [-0.05, 0) is 72.7 Å². The molecule has 0 saturated heterocycles. The predicted molar refractivity (Wildman–Crippen MR) is 195 cm³/mol. The summed E-state index contributed by atoms with van der Waals surface area (Å²) < 4.78 is 22.8. The number of unbranched alkanes of at least 4 members (excludes halogenated alkanes) is 1. The van der Waals surface area contributed by atoms with E-state index in [1.54, 1.807) is 42.5 Å². The van der Waals surface area contributed by atoms with E-state index in [0.29, 0.717) is 24.0 Å². The number of hydrogen-bond donors (Lipinski definition) is 5. The quantitative estimate of drug-likeness (QED) is 0.0573. The Kier molecular flexibility index (Phi) is 18.2. The molecule has 16 heteroatoms. The summed E-state index contributed by atoms with van der Waals surface area (Å²) in [6, 6.07) is 18.0. The van der Waals surface area contributed by atoms with Gasteiger partial charge in [0.15, 0.2) is 19.0 Å². The Labute approximate surface area is 316 Å². The number of amides is 2. The molecule has 0 aliphatic rings. The summed E-state index contributed by atoms with van der Waals surface area (Å²) >= 11 is 0.